The van der Waals surface area contributed by atoms with E-state index in [9.17, 15) is 18.0 Å². The van der Waals surface area contributed by atoms with Crippen LogP contribution in [-0.4, -0.2) is 71.5 Å². The molecule has 0 spiro atoms. The van der Waals surface area contributed by atoms with Crippen LogP contribution in [0.25, 0.3) is 10.9 Å². The van der Waals surface area contributed by atoms with E-state index in [4.69, 9.17) is 5.11 Å². The maximum atomic E-state index is 12.9. The summed E-state index contributed by atoms with van der Waals surface area (Å²) in [5, 5.41) is 9.70. The van der Waals surface area contributed by atoms with Gasteiger partial charge in [-0.15, -0.1) is 0 Å². The Morgan fingerprint density at radius 3 is 2.32 bits per heavy atom. The van der Waals surface area contributed by atoms with Crippen molar-refractivity contribution in [1.82, 2.24) is 19.8 Å². The Bertz CT molecular complexity index is 1230. The molecule has 3 aromatic rings. The van der Waals surface area contributed by atoms with Crippen molar-refractivity contribution >= 4 is 38.6 Å². The number of piperazine rings is 1. The van der Waals surface area contributed by atoms with Gasteiger partial charge in [-0.2, -0.15) is 0 Å². The van der Waals surface area contributed by atoms with E-state index in [-0.39, 0.29) is 48.4 Å². The highest BCUT2D eigenvalue weighted by Crippen LogP contribution is 2.23. The van der Waals surface area contributed by atoms with Gasteiger partial charge in [0.15, 0.2) is 0 Å². The number of hydrogen-bond acceptors (Lipinski definition) is 6. The quantitative estimate of drug-likeness (QED) is 0.631. The minimum atomic E-state index is -3.92. The van der Waals surface area contributed by atoms with Crippen molar-refractivity contribution in [3.8, 4) is 0 Å². The van der Waals surface area contributed by atoms with Crippen LogP contribution in [0.3, 0.4) is 0 Å². The van der Waals surface area contributed by atoms with Gasteiger partial charge in [0, 0.05) is 37.8 Å². The van der Waals surface area contributed by atoms with E-state index in [1.165, 1.54) is 40.4 Å². The van der Waals surface area contributed by atoms with Crippen molar-refractivity contribution in [1.29, 1.82) is 0 Å². The highest BCUT2D eigenvalue weighted by Gasteiger charge is 2.25. The highest BCUT2D eigenvalue weighted by molar-refractivity contribution is 7.93. The molecule has 11 heteroatoms. The summed E-state index contributed by atoms with van der Waals surface area (Å²) in [7, 11) is -3.92. The van der Waals surface area contributed by atoms with Crippen molar-refractivity contribution in [2.24, 2.45) is 0 Å². The van der Waals surface area contributed by atoms with E-state index in [1.54, 1.807) is 24.3 Å². The lowest BCUT2D eigenvalue weighted by Crippen LogP contribution is -2.50. The summed E-state index contributed by atoms with van der Waals surface area (Å²) in [5.41, 5.74) is 0.719. The number of carboxylic acid groups (broad SMARTS) is 1. The molecule has 0 bridgehead atoms. The van der Waals surface area contributed by atoms with Crippen LogP contribution in [0.15, 0.2) is 59.8 Å². The summed E-state index contributed by atoms with van der Waals surface area (Å²) in [5.74, 6) is -0.335. The first-order valence-corrected chi connectivity index (χ1v) is 10.9. The number of aromatic nitrogens is 2. The summed E-state index contributed by atoms with van der Waals surface area (Å²) in [6.07, 6.45) is 1.79. The second-order valence-corrected chi connectivity index (χ2v) is 8.58. The van der Waals surface area contributed by atoms with E-state index < -0.39 is 16.1 Å². The van der Waals surface area contributed by atoms with E-state index in [1.807, 2.05) is 0 Å². The maximum Gasteiger partial charge on any atom is 0.407 e. The van der Waals surface area contributed by atoms with Crippen LogP contribution in [0.4, 0.5) is 10.5 Å². The molecule has 0 radical (unpaired) electrons. The highest BCUT2D eigenvalue weighted by atomic mass is 32.2. The maximum absolute atomic E-state index is 12.9. The fourth-order valence-electron chi connectivity index (χ4n) is 3.35. The van der Waals surface area contributed by atoms with Gasteiger partial charge in [0.2, 0.25) is 0 Å². The molecule has 31 heavy (non-hydrogen) atoms. The fraction of sp³-hybridized carbons (Fsp3) is 0.200. The molecule has 160 valence electrons. The van der Waals surface area contributed by atoms with Gasteiger partial charge in [0.25, 0.3) is 15.9 Å². The molecule has 0 atom stereocenters. The molecule has 2 aromatic heterocycles. The molecule has 0 aliphatic carbocycles. The van der Waals surface area contributed by atoms with Crippen LogP contribution < -0.4 is 4.72 Å². The van der Waals surface area contributed by atoms with E-state index in [2.05, 4.69) is 14.7 Å². The Hall–Kier alpha value is -3.73. The number of hydrogen-bond donors (Lipinski definition) is 2. The molecule has 1 fully saturated rings. The second kappa shape index (κ2) is 8.19. The Kier molecular flexibility index (Phi) is 5.42. The van der Waals surface area contributed by atoms with Crippen LogP contribution in [0.2, 0.25) is 0 Å². The smallest absolute Gasteiger partial charge is 0.407 e. The fourth-order valence-corrected chi connectivity index (χ4v) is 4.57. The number of sulfonamides is 1. The van der Waals surface area contributed by atoms with Crippen LogP contribution in [0.5, 0.6) is 0 Å². The zero-order chi connectivity index (χ0) is 22.0. The molecule has 0 unspecified atom stereocenters. The molecule has 0 saturated carbocycles. The summed E-state index contributed by atoms with van der Waals surface area (Å²) in [6.45, 7) is 1.01. The summed E-state index contributed by atoms with van der Waals surface area (Å²) in [6, 6.07) is 11.3. The number of pyridine rings is 2. The van der Waals surface area contributed by atoms with Crippen LogP contribution in [-0.2, 0) is 10.0 Å². The summed E-state index contributed by atoms with van der Waals surface area (Å²) >= 11 is 0. The predicted octanol–water partition coefficient (Wildman–Crippen LogP) is 1.87. The van der Waals surface area contributed by atoms with Gasteiger partial charge in [0.05, 0.1) is 17.4 Å². The molecule has 2 amide bonds. The molecular formula is C20H19N5O5S. The molecule has 3 heterocycles. The monoisotopic (exact) mass is 441 g/mol. The van der Waals surface area contributed by atoms with Gasteiger partial charge in [-0.1, -0.05) is 18.2 Å². The van der Waals surface area contributed by atoms with Gasteiger partial charge in [-0.3, -0.25) is 14.5 Å². The SMILES string of the molecule is O=C(O)N1CCN(C(=O)c2ccc(NS(=O)(=O)c3cccc4cccnc34)cn2)CC1. The first kappa shape index (κ1) is 20.5. The van der Waals surface area contributed by atoms with E-state index in [0.29, 0.717) is 10.9 Å². The number of para-hydroxylation sites is 1. The molecule has 1 aliphatic heterocycles. The molecule has 2 N–H and O–H groups in total. The lowest BCUT2D eigenvalue weighted by molar-refractivity contribution is 0.0619. The van der Waals surface area contributed by atoms with Crippen molar-refractivity contribution in [2.75, 3.05) is 30.9 Å². The number of anilines is 1. The minimum Gasteiger partial charge on any atom is -0.465 e. The topological polar surface area (TPSA) is 133 Å². The Labute approximate surface area is 178 Å². The molecule has 1 aliphatic rings. The second-order valence-electron chi connectivity index (χ2n) is 6.93. The largest absolute Gasteiger partial charge is 0.465 e. The predicted molar refractivity (Wildman–Crippen MR) is 112 cm³/mol. The summed E-state index contributed by atoms with van der Waals surface area (Å²) < 4.78 is 28.2. The van der Waals surface area contributed by atoms with Crippen molar-refractivity contribution < 1.29 is 23.1 Å². The Morgan fingerprint density at radius 1 is 0.935 bits per heavy atom. The Balaban J connectivity index is 1.48. The normalized spacial score (nSPS) is 14.5. The number of nitrogens with zero attached hydrogens (tertiary/aromatic N) is 4. The first-order valence-electron chi connectivity index (χ1n) is 9.45. The number of carbonyl (C=O) groups excluding carboxylic acids is 1. The van der Waals surface area contributed by atoms with Crippen molar-refractivity contribution in [3.63, 3.8) is 0 Å². The third-order valence-electron chi connectivity index (χ3n) is 4.96. The van der Waals surface area contributed by atoms with Crippen LogP contribution in [0.1, 0.15) is 10.5 Å². The number of fused-ring (bicyclic) bond motifs is 1. The number of benzene rings is 1. The third kappa shape index (κ3) is 4.26. The third-order valence-corrected chi connectivity index (χ3v) is 6.37. The lowest BCUT2D eigenvalue weighted by atomic mass is 10.2. The van der Waals surface area contributed by atoms with Gasteiger partial charge in [-0.05, 0) is 24.3 Å². The first-order chi connectivity index (χ1) is 14.8. The average molecular weight is 441 g/mol. The van der Waals surface area contributed by atoms with Crippen molar-refractivity contribution in [2.45, 2.75) is 4.90 Å². The van der Waals surface area contributed by atoms with Gasteiger partial charge in [-0.25, -0.2) is 18.2 Å². The van der Waals surface area contributed by atoms with E-state index in [0.717, 1.165) is 0 Å². The Morgan fingerprint density at radius 2 is 1.65 bits per heavy atom. The number of amides is 2. The number of rotatable bonds is 4. The van der Waals surface area contributed by atoms with Crippen molar-refractivity contribution in [3.05, 3.63) is 60.6 Å². The molecule has 10 nitrogen and oxygen atoms in total. The average Bonchev–Trinajstić information content (AvgIpc) is 2.78. The van der Waals surface area contributed by atoms with E-state index >= 15 is 0 Å². The summed E-state index contributed by atoms with van der Waals surface area (Å²) in [4.78, 5) is 34.6. The molecule has 1 aromatic carbocycles. The number of nitrogens with one attached hydrogen (secondary N) is 1. The molecular weight excluding hydrogens is 422 g/mol. The van der Waals surface area contributed by atoms with Gasteiger partial charge in [0.1, 0.15) is 10.6 Å². The van der Waals surface area contributed by atoms with Crippen LogP contribution in [0, 0.1) is 0 Å². The van der Waals surface area contributed by atoms with Crippen LogP contribution >= 0.6 is 0 Å². The zero-order valence-corrected chi connectivity index (χ0v) is 17.1. The molecule has 1 saturated heterocycles. The van der Waals surface area contributed by atoms with Gasteiger partial charge >= 0.3 is 6.09 Å². The standard InChI is InChI=1S/C20H19N5O5S/c26-19(24-9-11-25(12-10-24)20(27)28)16-7-6-15(13-22-16)23-31(29,30)17-5-1-3-14-4-2-8-21-18(14)17/h1-8,13,23H,9-12H2,(H,27,28). The van der Waals surface area contributed by atoms with Gasteiger partial charge < -0.3 is 14.9 Å². The molecule has 4 rings (SSSR count). The zero-order valence-electron chi connectivity index (χ0n) is 16.3. The minimum absolute atomic E-state index is 0.0436. The lowest BCUT2D eigenvalue weighted by Gasteiger charge is -2.32. The number of carbonyl (C=O) groups is 2.